The molecule has 0 saturated heterocycles. The molecule has 1 amide bonds. The van der Waals surface area contributed by atoms with E-state index in [0.29, 0.717) is 34.7 Å². The average Bonchev–Trinajstić information content (AvgIpc) is 2.94. The molecule has 0 saturated carbocycles. The first-order chi connectivity index (χ1) is 10.5. The first-order valence-corrected chi connectivity index (χ1v) is 7.00. The molecule has 0 radical (unpaired) electrons. The van der Waals surface area contributed by atoms with Crippen molar-refractivity contribution in [3.05, 3.63) is 28.9 Å². The molecule has 0 atom stereocenters. The topological polar surface area (TPSA) is 115 Å². The van der Waals surface area contributed by atoms with E-state index in [0.717, 1.165) is 4.90 Å². The monoisotopic (exact) mass is 360 g/mol. The zero-order valence-electron chi connectivity index (χ0n) is 12.4. The summed E-state index contributed by atoms with van der Waals surface area (Å²) in [4.78, 5) is 16.2. The summed E-state index contributed by atoms with van der Waals surface area (Å²) in [5.74, 6) is -0.257. The summed E-state index contributed by atoms with van der Waals surface area (Å²) < 4.78 is 5.57. The van der Waals surface area contributed by atoms with Crippen molar-refractivity contribution in [2.45, 2.75) is 6.42 Å². The maximum atomic E-state index is 12.2. The fraction of sp³-hybridized carbons (Fsp3) is 0.286. The quantitative estimate of drug-likeness (QED) is 0.370. The van der Waals surface area contributed by atoms with Crippen LogP contribution in [0.15, 0.2) is 18.2 Å². The predicted molar refractivity (Wildman–Crippen MR) is 91.8 cm³/mol. The number of nitrogens with two attached hydrogens (primary N) is 1. The molecule has 7 nitrogen and oxygen atoms in total. The van der Waals surface area contributed by atoms with E-state index >= 15 is 0 Å². The molecule has 9 heteroatoms. The number of halogens is 2. The Balaban J connectivity index is 0.00000264. The first kappa shape index (κ1) is 19.1. The van der Waals surface area contributed by atoms with Gasteiger partial charge in [0.2, 0.25) is 0 Å². The van der Waals surface area contributed by atoms with Gasteiger partial charge in [-0.3, -0.25) is 15.1 Å². The summed E-state index contributed by atoms with van der Waals surface area (Å²) in [6.45, 7) is 0.386. The normalized spacial score (nSPS) is 10.2. The van der Waals surface area contributed by atoms with Gasteiger partial charge in [0.25, 0.3) is 5.91 Å². The molecule has 0 aliphatic heterocycles. The van der Waals surface area contributed by atoms with Crippen LogP contribution in [0.25, 0.3) is 10.9 Å². The van der Waals surface area contributed by atoms with Gasteiger partial charge < -0.3 is 20.6 Å². The van der Waals surface area contributed by atoms with Crippen molar-refractivity contribution in [1.29, 1.82) is 5.41 Å². The molecule has 126 valence electrons. The van der Waals surface area contributed by atoms with E-state index in [1.54, 1.807) is 18.2 Å². The standard InChI is InChI=1S/C14H17ClN4O3.ClH/c1-19(14(16)17)13(21)10-7-8-9(15)3-4-11(12(8)18-10)22-6-2-5-20;/h3-4,7,18,20H,2,5-6H2,1H3,(H3,16,17);1H. The van der Waals surface area contributed by atoms with Crippen molar-refractivity contribution in [3.8, 4) is 5.75 Å². The van der Waals surface area contributed by atoms with Gasteiger partial charge >= 0.3 is 0 Å². The van der Waals surface area contributed by atoms with Crippen LogP contribution in [0.3, 0.4) is 0 Å². The van der Waals surface area contributed by atoms with E-state index in [1.807, 2.05) is 0 Å². The van der Waals surface area contributed by atoms with Gasteiger partial charge in [0.1, 0.15) is 11.4 Å². The number of nitrogens with zero attached hydrogens (tertiary/aromatic N) is 1. The molecule has 23 heavy (non-hydrogen) atoms. The van der Waals surface area contributed by atoms with Crippen molar-refractivity contribution in [1.82, 2.24) is 9.88 Å². The number of aromatic nitrogens is 1. The molecule has 0 aliphatic rings. The van der Waals surface area contributed by atoms with Crippen LogP contribution in [-0.2, 0) is 0 Å². The zero-order valence-corrected chi connectivity index (χ0v) is 14.0. The Morgan fingerprint density at radius 2 is 2.22 bits per heavy atom. The van der Waals surface area contributed by atoms with E-state index < -0.39 is 5.91 Å². The highest BCUT2D eigenvalue weighted by Crippen LogP contribution is 2.32. The minimum Gasteiger partial charge on any atom is -0.491 e. The third-order valence-electron chi connectivity index (χ3n) is 3.16. The lowest BCUT2D eigenvalue weighted by atomic mass is 10.2. The van der Waals surface area contributed by atoms with Crippen molar-refractivity contribution in [2.75, 3.05) is 20.3 Å². The number of aliphatic hydroxyl groups is 1. The van der Waals surface area contributed by atoms with Crippen LogP contribution in [0.2, 0.25) is 5.02 Å². The number of fused-ring (bicyclic) bond motifs is 1. The van der Waals surface area contributed by atoms with E-state index in [-0.39, 0.29) is 30.7 Å². The number of aliphatic hydroxyl groups excluding tert-OH is 1. The van der Waals surface area contributed by atoms with Gasteiger partial charge in [0, 0.05) is 25.5 Å². The van der Waals surface area contributed by atoms with Gasteiger partial charge in [0.15, 0.2) is 5.96 Å². The lowest BCUT2D eigenvalue weighted by Crippen LogP contribution is -2.38. The molecule has 5 N–H and O–H groups in total. The second-order valence-electron chi connectivity index (χ2n) is 4.69. The number of nitrogens with one attached hydrogen (secondary N) is 2. The Morgan fingerprint density at radius 1 is 1.52 bits per heavy atom. The summed E-state index contributed by atoms with van der Waals surface area (Å²) in [6.07, 6.45) is 0.504. The van der Waals surface area contributed by atoms with Gasteiger partial charge in [0.05, 0.1) is 17.1 Å². The number of aromatic amines is 1. The minimum atomic E-state index is -0.443. The largest absolute Gasteiger partial charge is 0.491 e. The van der Waals surface area contributed by atoms with Crippen LogP contribution >= 0.6 is 24.0 Å². The highest BCUT2D eigenvalue weighted by molar-refractivity contribution is 6.35. The van der Waals surface area contributed by atoms with E-state index in [1.165, 1.54) is 7.05 Å². The van der Waals surface area contributed by atoms with Crippen LogP contribution in [0, 0.1) is 5.41 Å². The lowest BCUT2D eigenvalue weighted by molar-refractivity contribution is 0.0864. The number of guanidine groups is 1. The second-order valence-corrected chi connectivity index (χ2v) is 5.10. The lowest BCUT2D eigenvalue weighted by Gasteiger charge is -2.12. The SMILES string of the molecule is CN(C(=N)N)C(=O)c1cc2c(Cl)ccc(OCCCO)c2[nH]1.Cl. The number of hydrogen-bond acceptors (Lipinski definition) is 4. The van der Waals surface area contributed by atoms with Gasteiger partial charge in [-0.15, -0.1) is 12.4 Å². The molecule has 2 rings (SSSR count). The molecule has 2 aromatic rings. The molecule has 0 bridgehead atoms. The fourth-order valence-electron chi connectivity index (χ4n) is 1.93. The second kappa shape index (κ2) is 8.05. The van der Waals surface area contributed by atoms with Gasteiger partial charge in [-0.1, -0.05) is 11.6 Å². The molecule has 1 aromatic heterocycles. The minimum absolute atomic E-state index is 0. The van der Waals surface area contributed by atoms with Crippen molar-refractivity contribution in [3.63, 3.8) is 0 Å². The summed E-state index contributed by atoms with van der Waals surface area (Å²) in [6, 6.07) is 4.97. The zero-order chi connectivity index (χ0) is 16.3. The molecule has 0 aliphatic carbocycles. The van der Waals surface area contributed by atoms with Gasteiger partial charge in [-0.25, -0.2) is 0 Å². The number of rotatable bonds is 5. The summed E-state index contributed by atoms with van der Waals surface area (Å²) in [5.41, 5.74) is 6.16. The van der Waals surface area contributed by atoms with E-state index in [9.17, 15) is 4.79 Å². The molecule has 0 unspecified atom stereocenters. The number of amides is 1. The molecule has 1 aromatic carbocycles. The molecule has 0 spiro atoms. The number of H-pyrrole nitrogens is 1. The Bertz CT molecular complexity index is 717. The van der Waals surface area contributed by atoms with Crippen molar-refractivity contribution in [2.24, 2.45) is 5.73 Å². The number of hydrogen-bond donors (Lipinski definition) is 4. The number of carbonyl (C=O) groups is 1. The highest BCUT2D eigenvalue weighted by Gasteiger charge is 2.18. The third kappa shape index (κ3) is 4.07. The maximum Gasteiger partial charge on any atom is 0.276 e. The summed E-state index contributed by atoms with van der Waals surface area (Å²) in [7, 11) is 1.41. The Kier molecular flexibility index (Phi) is 6.68. The van der Waals surface area contributed by atoms with Crippen LogP contribution in [0.1, 0.15) is 16.9 Å². The average molecular weight is 361 g/mol. The first-order valence-electron chi connectivity index (χ1n) is 6.62. The molecule has 0 fully saturated rings. The molecule has 1 heterocycles. The Labute approximate surface area is 144 Å². The van der Waals surface area contributed by atoms with Crippen molar-refractivity contribution < 1.29 is 14.6 Å². The van der Waals surface area contributed by atoms with E-state index in [2.05, 4.69) is 4.98 Å². The number of ether oxygens (including phenoxy) is 1. The van der Waals surface area contributed by atoms with Crippen molar-refractivity contribution >= 4 is 46.8 Å². The van der Waals surface area contributed by atoms with Gasteiger partial charge in [-0.05, 0) is 18.2 Å². The fourth-order valence-corrected chi connectivity index (χ4v) is 2.14. The summed E-state index contributed by atoms with van der Waals surface area (Å²) in [5, 5.41) is 17.2. The molecular formula is C14H18Cl2N4O3. The van der Waals surface area contributed by atoms with Crippen LogP contribution in [-0.4, -0.2) is 47.1 Å². The third-order valence-corrected chi connectivity index (χ3v) is 3.49. The highest BCUT2D eigenvalue weighted by atomic mass is 35.5. The summed E-state index contributed by atoms with van der Waals surface area (Å²) >= 11 is 6.14. The molecular weight excluding hydrogens is 343 g/mol. The van der Waals surface area contributed by atoms with Crippen LogP contribution in [0.4, 0.5) is 0 Å². The number of benzene rings is 1. The van der Waals surface area contributed by atoms with E-state index in [4.69, 9.17) is 32.6 Å². The maximum absolute atomic E-state index is 12.2. The number of carbonyl (C=O) groups excluding carboxylic acids is 1. The Morgan fingerprint density at radius 3 is 2.83 bits per heavy atom. The van der Waals surface area contributed by atoms with Gasteiger partial charge in [-0.2, -0.15) is 0 Å². The Hall–Kier alpha value is -1.96. The van der Waals surface area contributed by atoms with Crippen LogP contribution in [0.5, 0.6) is 5.75 Å². The van der Waals surface area contributed by atoms with Crippen LogP contribution < -0.4 is 10.5 Å². The predicted octanol–water partition coefficient (Wildman–Crippen LogP) is 1.97. The smallest absolute Gasteiger partial charge is 0.276 e.